The second-order valence-electron chi connectivity index (χ2n) is 34.4. The minimum atomic E-state index is -3.19. The molecule has 730 valence electrons. The normalized spacial score (nSPS) is 34.6. The lowest BCUT2D eigenvalue weighted by Crippen LogP contribution is -2.62. The molecule has 0 radical (unpaired) electrons. The van der Waals surface area contributed by atoms with E-state index in [4.69, 9.17) is 91.2 Å². The number of fused-ring (bicyclic) bond motifs is 25. The van der Waals surface area contributed by atoms with E-state index >= 15 is 0 Å². The van der Waals surface area contributed by atoms with Crippen molar-refractivity contribution in [3.8, 4) is 57.5 Å². The molecule has 0 unspecified atom stereocenters. The summed E-state index contributed by atoms with van der Waals surface area (Å²) in [6.07, 6.45) is -2.39. The summed E-state index contributed by atoms with van der Waals surface area (Å²) in [7, 11) is 4.40. The van der Waals surface area contributed by atoms with Gasteiger partial charge in [-0.15, -0.1) is 0 Å². The first kappa shape index (κ1) is 54.0. The largest absolute Gasteiger partial charge is 0.454 e. The standard InChI is InChI=1S/5C22H19N3O4/c5*1-24-10-19(26)25-16(22(24)27)9-14-13-4-2-3-5-15(13)23-20(14)21(25)12-6-7-17-18(8-12)29-11-28-17/h5*2-8,16,21,23H,9-11H2,1H3/t5*16-,21-/m11111/s1/i1D3,2D,3D,4D,5D,6D,7D,8D,11D2,16D,21D;2D,3D,4D,5D,10D2,11D2,16D,21D;2D,3D,4D,5D,10D2,16D,21D;10D2,11D2,16D,21D;10D2,16D,21D. The minimum Gasteiger partial charge on any atom is -0.454 e. The van der Waals surface area contributed by atoms with Gasteiger partial charge in [-0.2, -0.15) is 0 Å². The molecular weight excluding hydrogens is 1850 g/mol. The molecule has 30 rings (SSSR count). The van der Waals surface area contributed by atoms with Crippen LogP contribution < -0.4 is 47.4 Å². The first-order valence-corrected chi connectivity index (χ1v) is 44.4. The van der Waals surface area contributed by atoms with Crippen molar-refractivity contribution in [3.05, 3.63) is 296 Å². The lowest BCUT2D eigenvalue weighted by molar-refractivity contribution is -0.157. The molecule has 0 bridgehead atoms. The number of aromatic amines is 5. The summed E-state index contributed by atoms with van der Waals surface area (Å²) < 4.78 is 408. The number of benzene rings is 10. The second kappa shape index (κ2) is 33.9. The van der Waals surface area contributed by atoms with Crippen LogP contribution in [-0.4, -0.2) is 265 Å². The van der Waals surface area contributed by atoms with Crippen LogP contribution in [0.1, 0.15) is 172 Å². The Kier molecular flexibility index (Phi) is 12.6. The number of aromatic nitrogens is 5. The Bertz CT molecular complexity index is 10600. The Morgan fingerprint density at radius 1 is 0.290 bits per heavy atom. The van der Waals surface area contributed by atoms with E-state index < -0.39 is 312 Å². The molecule has 15 aromatic rings. The van der Waals surface area contributed by atoms with E-state index in [0.717, 1.165) is 31.4 Å². The molecule has 5 aromatic heterocycles. The van der Waals surface area contributed by atoms with E-state index in [2.05, 4.69) is 24.9 Å². The Labute approximate surface area is 885 Å². The predicted molar refractivity (Wildman–Crippen MR) is 523 cm³/mol. The van der Waals surface area contributed by atoms with Gasteiger partial charge in [0.2, 0.25) is 92.9 Å². The summed E-state index contributed by atoms with van der Waals surface area (Å²) in [6.45, 7) is -23.5. The SMILES string of the molecule is [2H]C1([2H])C(=O)N2[C@]([2H])(c3ccc4c(c3)OCO4)c3[nH]c4ccccc4c3C[C@]2([2H])C(=O)N1C.[2H]C1([2H])Oc2ccc([C@]3([2H])c4[nH]c5ccccc5c4C[C@]4([2H])C(=O)N(C)C([2H])([2H])C(=O)N34)cc2O1.[2H]c1c([2H])c([2H])c2c3c([nH]c2c1[2H])[C@@]([2H])(c1ccc2c(c1)OC([2H])([2H])O2)N1C(=O)C([2H])([2H])N(C)C(=O)[C@@]1([2H])C3.[2H]c1c([2H])c([2H])c2c3c([nH]c2c1[2H])[C@@]([2H])(c1ccc2c(c1)OCO2)N1C(=O)C([2H])([2H])N(C)C(=O)[C@@]1([2H])C3.[2H]c1c([2H])c([C@]2([2H])c3[nH]c4c([2H])c([2H])c([2H])c([2H])c4c3C[C@]3([2H])C(=O)N(C([2H])([2H])[2H])CC(=O)N23)c([2H])c2c1OC([2H])([2H])O2. The van der Waals surface area contributed by atoms with E-state index in [-0.39, 0.29) is 149 Å². The van der Waals surface area contributed by atoms with Crippen LogP contribution in [0.5, 0.6) is 57.5 Å². The number of likely N-dealkylation sites (N-methyl/N-ethyl adjacent to an activating group) is 5. The molecule has 0 saturated carbocycles. The number of H-pyrrole nitrogens is 5. The lowest BCUT2D eigenvalue weighted by Gasteiger charge is -2.46. The summed E-state index contributed by atoms with van der Waals surface area (Å²) in [5.74, 6) is -11.8. The van der Waals surface area contributed by atoms with Crippen LogP contribution in [0.25, 0.3) is 54.5 Å². The van der Waals surface area contributed by atoms with Gasteiger partial charge in [0.05, 0.1) is 108 Å². The van der Waals surface area contributed by atoms with Crippen LogP contribution in [0, 0.1) is 0 Å². The smallest absolute Gasteiger partial charge is 0.245 e. The zero-order valence-electron chi connectivity index (χ0n) is 117. The summed E-state index contributed by atoms with van der Waals surface area (Å²) in [5, 5.41) is 1.09. The number of carbonyl (C=O) groups excluding carboxylic acids is 10. The Balaban J connectivity index is 0.000000112. The average Bonchev–Trinajstić information content (AvgIpc) is 1.58. The minimum absolute atomic E-state index is 0.00105. The highest BCUT2D eigenvalue weighted by molar-refractivity contribution is 6.03. The predicted octanol–water partition coefficient (Wildman–Crippen LogP) is 11.1. The van der Waals surface area contributed by atoms with Crippen LogP contribution in [-0.2, 0) is 80.0 Å². The molecule has 5 N–H and O–H groups in total. The van der Waals surface area contributed by atoms with Crippen LogP contribution >= 0.6 is 0 Å². The molecule has 5 fully saturated rings. The van der Waals surface area contributed by atoms with Gasteiger partial charge in [0, 0.05) is 154 Å². The van der Waals surface area contributed by atoms with Gasteiger partial charge in [-0.25, -0.2) is 0 Å². The van der Waals surface area contributed by atoms with E-state index in [1.54, 1.807) is 42.5 Å². The number of para-hydroxylation sites is 5. The van der Waals surface area contributed by atoms with Gasteiger partial charge in [0.25, 0.3) is 0 Å². The monoisotopic (exact) mass is 1990 g/mol. The number of hydrogen-bond acceptors (Lipinski definition) is 20. The van der Waals surface area contributed by atoms with E-state index in [1.807, 2.05) is 24.3 Å². The molecule has 10 aromatic carbocycles. The number of ether oxygens (including phenoxy) is 10. The molecular formula is C110H95N15O20. The molecule has 10 atom stereocenters. The molecule has 15 aliphatic heterocycles. The fourth-order valence-corrected chi connectivity index (χ4v) is 19.9. The summed E-state index contributed by atoms with van der Waals surface area (Å²) in [4.78, 5) is 156. The second-order valence-corrected chi connectivity index (χ2v) is 34.4. The van der Waals surface area contributed by atoms with Gasteiger partial charge >= 0.3 is 0 Å². The molecule has 0 aliphatic carbocycles. The van der Waals surface area contributed by atoms with Crippen molar-refractivity contribution >= 4 is 114 Å². The number of hydrogen-bond donors (Lipinski definition) is 5. The van der Waals surface area contributed by atoms with Gasteiger partial charge in [-0.05, 0) is 147 Å². The number of nitrogens with one attached hydrogen (secondary N) is 5. The molecule has 35 heteroatoms. The fraction of sp³-hybridized carbons (Fsp3) is 0.273. The quantitative estimate of drug-likeness (QED) is 0.107. The molecule has 0 spiro atoms. The van der Waals surface area contributed by atoms with E-state index in [1.165, 1.54) is 61.6 Å². The van der Waals surface area contributed by atoms with E-state index in [9.17, 15) is 61.7 Å². The highest BCUT2D eigenvalue weighted by atomic mass is 16.7. The Hall–Kier alpha value is -17.4. The van der Waals surface area contributed by atoms with Crippen LogP contribution in [0.15, 0.2) is 212 Å². The molecule has 20 heterocycles. The summed E-state index contributed by atoms with van der Waals surface area (Å²) in [5.41, 5.74) is 1.02. The topological polar surface area (TPSA) is 374 Å². The molecule has 35 nitrogen and oxygen atoms in total. The third-order valence-corrected chi connectivity index (χ3v) is 26.3. The highest BCUT2D eigenvalue weighted by Crippen LogP contribution is 2.53. The van der Waals surface area contributed by atoms with Crippen molar-refractivity contribution in [2.75, 3.05) is 102 Å². The molecule has 5 saturated heterocycles. The number of amides is 10. The van der Waals surface area contributed by atoms with Crippen LogP contribution in [0.4, 0.5) is 0 Å². The van der Waals surface area contributed by atoms with Crippen molar-refractivity contribution in [1.82, 2.24) is 73.9 Å². The average molecular weight is 1990 g/mol. The van der Waals surface area contributed by atoms with Crippen LogP contribution in [0.2, 0.25) is 0 Å². The third kappa shape index (κ3) is 14.2. The lowest BCUT2D eigenvalue weighted by atomic mass is 9.86. The number of piperazine rings is 5. The maximum absolute atomic E-state index is 13.8. The molecule has 10 amide bonds. The summed E-state index contributed by atoms with van der Waals surface area (Å²) >= 11 is 0. The maximum Gasteiger partial charge on any atom is 0.245 e. The van der Waals surface area contributed by atoms with E-state index in [0.29, 0.717) is 89.7 Å². The van der Waals surface area contributed by atoms with Crippen molar-refractivity contribution in [2.24, 2.45) is 0 Å². The number of carbonyl (C=O) groups is 10. The van der Waals surface area contributed by atoms with Gasteiger partial charge in [0.1, 0.15) is 38.3 Å². The molecule has 15 aliphatic rings. The Morgan fingerprint density at radius 3 is 0.938 bits per heavy atom. The van der Waals surface area contributed by atoms with Gasteiger partial charge < -0.3 is 121 Å². The van der Waals surface area contributed by atoms with Crippen LogP contribution in [0.3, 0.4) is 0 Å². The van der Waals surface area contributed by atoms with Crippen molar-refractivity contribution in [1.29, 1.82) is 0 Å². The third-order valence-electron chi connectivity index (χ3n) is 26.3. The van der Waals surface area contributed by atoms with Gasteiger partial charge in [0.15, 0.2) is 57.5 Å². The van der Waals surface area contributed by atoms with Crippen molar-refractivity contribution < 1.29 is 153 Å². The number of nitrogens with zero attached hydrogens (tertiary/aromatic N) is 10. The Morgan fingerprint density at radius 2 is 0.572 bits per heavy atom. The van der Waals surface area contributed by atoms with Crippen molar-refractivity contribution in [2.45, 2.75) is 92.3 Å². The zero-order chi connectivity index (χ0) is 136. The van der Waals surface area contributed by atoms with Gasteiger partial charge in [-0.1, -0.05) is 121 Å². The maximum atomic E-state index is 13.8. The number of rotatable bonds is 5. The fourth-order valence-electron chi connectivity index (χ4n) is 19.9. The first-order valence-electron chi connectivity index (χ1n) is 65.4. The highest BCUT2D eigenvalue weighted by Gasteiger charge is 2.55. The summed E-state index contributed by atoms with van der Waals surface area (Å²) in [6, 6.07) is -2.87. The first-order chi connectivity index (χ1) is 86.8. The van der Waals surface area contributed by atoms with Crippen molar-refractivity contribution in [3.63, 3.8) is 0 Å². The van der Waals surface area contributed by atoms with Gasteiger partial charge in [-0.3, -0.25) is 47.9 Å². The zero-order valence-corrected chi connectivity index (χ0v) is 75.3. The molecule has 145 heavy (non-hydrogen) atoms.